The first-order valence-electron chi connectivity index (χ1n) is 11.5. The minimum absolute atomic E-state index is 0.00140. The number of rotatable bonds is 14. The van der Waals surface area contributed by atoms with Crippen LogP contribution in [0.2, 0.25) is 0 Å². The molecule has 0 aliphatic carbocycles. The van der Waals surface area contributed by atoms with Gasteiger partial charge in [0.05, 0.1) is 50.0 Å². The van der Waals surface area contributed by atoms with Gasteiger partial charge in [-0.25, -0.2) is 9.78 Å². The number of carbonyl (C=O) groups excluding carboxylic acids is 3. The third-order valence-corrected chi connectivity index (χ3v) is 5.45. The summed E-state index contributed by atoms with van der Waals surface area (Å²) in [5, 5.41) is 3.01. The van der Waals surface area contributed by atoms with Crippen molar-refractivity contribution in [3.63, 3.8) is 0 Å². The van der Waals surface area contributed by atoms with E-state index in [4.69, 9.17) is 14.2 Å². The molecule has 2 rings (SSSR count). The second kappa shape index (κ2) is 15.6. The molecule has 36 heavy (non-hydrogen) atoms. The van der Waals surface area contributed by atoms with E-state index in [0.29, 0.717) is 41.3 Å². The molecular formula is C24H30Br2N4O6. The summed E-state index contributed by atoms with van der Waals surface area (Å²) in [6.45, 7) is 7.06. The van der Waals surface area contributed by atoms with Gasteiger partial charge in [0, 0.05) is 28.6 Å². The molecule has 0 bridgehead atoms. The van der Waals surface area contributed by atoms with Gasteiger partial charge in [0.15, 0.2) is 0 Å². The summed E-state index contributed by atoms with van der Waals surface area (Å²) in [7, 11) is 0. The number of carbonyl (C=O) groups is 3. The molecule has 0 fully saturated rings. The Kier molecular flexibility index (Phi) is 13.0. The van der Waals surface area contributed by atoms with Crippen LogP contribution in [0.4, 0.5) is 0 Å². The van der Waals surface area contributed by atoms with E-state index >= 15 is 0 Å². The first-order chi connectivity index (χ1) is 17.2. The monoisotopic (exact) mass is 628 g/mol. The highest BCUT2D eigenvalue weighted by molar-refractivity contribution is 9.10. The average Bonchev–Trinajstić information content (AvgIpc) is 2.78. The molecule has 12 heteroatoms. The quantitative estimate of drug-likeness (QED) is 0.246. The Hall–Kier alpha value is -2.41. The van der Waals surface area contributed by atoms with Gasteiger partial charge in [0.25, 0.3) is 0 Å². The van der Waals surface area contributed by atoms with Gasteiger partial charge in [-0.3, -0.25) is 19.5 Å². The van der Waals surface area contributed by atoms with Crippen molar-refractivity contribution in [1.29, 1.82) is 0 Å². The Labute approximate surface area is 227 Å². The van der Waals surface area contributed by atoms with Crippen LogP contribution in [0.15, 0.2) is 33.2 Å². The van der Waals surface area contributed by atoms with Crippen LogP contribution in [0.3, 0.4) is 0 Å². The van der Waals surface area contributed by atoms with Crippen molar-refractivity contribution < 1.29 is 28.6 Å². The van der Waals surface area contributed by atoms with E-state index in [9.17, 15) is 14.4 Å². The molecule has 0 atom stereocenters. The number of pyridine rings is 2. The largest absolute Gasteiger partial charge is 0.465 e. The minimum atomic E-state index is -0.523. The van der Waals surface area contributed by atoms with Gasteiger partial charge in [0.1, 0.15) is 5.69 Å². The van der Waals surface area contributed by atoms with Gasteiger partial charge in [-0.2, -0.15) is 0 Å². The smallest absolute Gasteiger partial charge is 0.356 e. The molecular weight excluding hydrogens is 600 g/mol. The van der Waals surface area contributed by atoms with E-state index in [1.807, 2.05) is 17.0 Å². The summed E-state index contributed by atoms with van der Waals surface area (Å²) < 4.78 is 16.6. The Morgan fingerprint density at radius 3 is 2.00 bits per heavy atom. The van der Waals surface area contributed by atoms with Crippen LogP contribution in [0.1, 0.15) is 48.3 Å². The van der Waals surface area contributed by atoms with Crippen molar-refractivity contribution >= 4 is 49.8 Å². The van der Waals surface area contributed by atoms with E-state index in [1.54, 1.807) is 32.9 Å². The molecule has 2 aromatic rings. The van der Waals surface area contributed by atoms with Crippen LogP contribution in [0.5, 0.6) is 0 Å². The summed E-state index contributed by atoms with van der Waals surface area (Å²) in [5.41, 5.74) is 2.16. The topological polar surface area (TPSA) is 120 Å². The second-order valence-corrected chi connectivity index (χ2v) is 9.34. The fraction of sp³-hybridized carbons (Fsp3) is 0.458. The molecule has 10 nitrogen and oxygen atoms in total. The predicted octanol–water partition coefficient (Wildman–Crippen LogP) is 3.40. The molecule has 0 saturated carbocycles. The number of ether oxygens (including phenoxy) is 3. The van der Waals surface area contributed by atoms with E-state index in [2.05, 4.69) is 47.1 Å². The highest BCUT2D eigenvalue weighted by atomic mass is 79.9. The number of aromatic nitrogens is 2. The molecule has 0 unspecified atom stereocenters. The van der Waals surface area contributed by atoms with E-state index in [-0.39, 0.29) is 50.5 Å². The third-order valence-electron chi connectivity index (χ3n) is 4.53. The van der Waals surface area contributed by atoms with Crippen LogP contribution in [0, 0.1) is 0 Å². The molecule has 0 saturated heterocycles. The number of nitrogens with one attached hydrogen (secondary N) is 1. The Bertz CT molecular complexity index is 1050. The standard InChI is InChI=1S/C24H30Br2N4O6/c1-4-34-22(31)12-27-11-18-7-16(25)8-19(28-18)13-30(15-23(32)35-5-2)14-20-9-17(26)10-21(29-20)24(33)36-6-3/h7-10,27H,4-6,11-15H2,1-3H3. The molecule has 0 spiro atoms. The van der Waals surface area contributed by atoms with E-state index in [1.165, 1.54) is 0 Å². The lowest BCUT2D eigenvalue weighted by atomic mass is 10.2. The number of esters is 3. The van der Waals surface area contributed by atoms with Crippen LogP contribution >= 0.6 is 31.9 Å². The number of halogens is 2. The normalized spacial score (nSPS) is 10.8. The Morgan fingerprint density at radius 1 is 0.806 bits per heavy atom. The second-order valence-electron chi connectivity index (χ2n) is 7.51. The molecule has 0 radical (unpaired) electrons. The molecule has 1 N–H and O–H groups in total. The zero-order chi connectivity index (χ0) is 26.5. The summed E-state index contributed by atoms with van der Waals surface area (Å²) in [6.07, 6.45) is 0. The van der Waals surface area contributed by atoms with Crippen molar-refractivity contribution in [2.24, 2.45) is 0 Å². The lowest BCUT2D eigenvalue weighted by Crippen LogP contribution is -2.31. The maximum absolute atomic E-state index is 12.3. The van der Waals surface area contributed by atoms with Crippen LogP contribution in [-0.2, 0) is 43.4 Å². The first kappa shape index (κ1) is 29.8. The van der Waals surface area contributed by atoms with Crippen LogP contribution < -0.4 is 5.32 Å². The molecule has 2 aromatic heterocycles. The van der Waals surface area contributed by atoms with E-state index < -0.39 is 5.97 Å². The zero-order valence-electron chi connectivity index (χ0n) is 20.5. The molecule has 0 aliphatic heterocycles. The number of hydrogen-bond donors (Lipinski definition) is 1. The Balaban J connectivity index is 2.21. The van der Waals surface area contributed by atoms with Gasteiger partial charge in [-0.15, -0.1) is 0 Å². The van der Waals surface area contributed by atoms with Gasteiger partial charge in [0.2, 0.25) is 0 Å². The number of nitrogens with zero attached hydrogens (tertiary/aromatic N) is 3. The predicted molar refractivity (Wildman–Crippen MR) is 139 cm³/mol. The maximum Gasteiger partial charge on any atom is 0.356 e. The van der Waals surface area contributed by atoms with Crippen molar-refractivity contribution in [2.75, 3.05) is 32.9 Å². The van der Waals surface area contributed by atoms with Crippen molar-refractivity contribution in [1.82, 2.24) is 20.2 Å². The van der Waals surface area contributed by atoms with Gasteiger partial charge in [-0.1, -0.05) is 31.9 Å². The lowest BCUT2D eigenvalue weighted by molar-refractivity contribution is -0.145. The molecule has 0 amide bonds. The molecule has 2 heterocycles. The van der Waals surface area contributed by atoms with Crippen molar-refractivity contribution in [3.05, 3.63) is 56.0 Å². The van der Waals surface area contributed by atoms with Gasteiger partial charge in [-0.05, 0) is 45.0 Å². The number of hydrogen-bond acceptors (Lipinski definition) is 10. The third kappa shape index (κ3) is 10.7. The highest BCUT2D eigenvalue weighted by Crippen LogP contribution is 2.18. The first-order valence-corrected chi connectivity index (χ1v) is 13.1. The molecule has 0 aliphatic rings. The average molecular weight is 630 g/mol. The molecule has 196 valence electrons. The van der Waals surface area contributed by atoms with Crippen LogP contribution in [-0.4, -0.2) is 65.7 Å². The SMILES string of the molecule is CCOC(=O)CNCc1cc(Br)cc(CN(CC(=O)OCC)Cc2cc(Br)cc(C(=O)OCC)n2)n1. The lowest BCUT2D eigenvalue weighted by Gasteiger charge is -2.21. The Morgan fingerprint density at radius 2 is 1.36 bits per heavy atom. The van der Waals surface area contributed by atoms with Crippen molar-refractivity contribution in [2.45, 2.75) is 40.4 Å². The fourth-order valence-electron chi connectivity index (χ4n) is 3.24. The summed E-state index contributed by atoms with van der Waals surface area (Å²) in [4.78, 5) is 46.9. The van der Waals surface area contributed by atoms with Gasteiger partial charge >= 0.3 is 17.9 Å². The van der Waals surface area contributed by atoms with E-state index in [0.717, 1.165) is 4.47 Å². The zero-order valence-corrected chi connectivity index (χ0v) is 23.7. The van der Waals surface area contributed by atoms with Gasteiger partial charge < -0.3 is 19.5 Å². The van der Waals surface area contributed by atoms with Crippen molar-refractivity contribution in [3.8, 4) is 0 Å². The van der Waals surface area contributed by atoms with Crippen LogP contribution in [0.25, 0.3) is 0 Å². The highest BCUT2D eigenvalue weighted by Gasteiger charge is 2.18. The summed E-state index contributed by atoms with van der Waals surface area (Å²) >= 11 is 6.91. The minimum Gasteiger partial charge on any atom is -0.465 e. The fourth-order valence-corrected chi connectivity index (χ4v) is 4.25. The summed E-state index contributed by atoms with van der Waals surface area (Å²) in [6, 6.07) is 7.06. The maximum atomic E-state index is 12.3. The summed E-state index contributed by atoms with van der Waals surface area (Å²) in [5.74, 6) is -1.24. The molecule has 0 aromatic carbocycles.